The van der Waals surface area contributed by atoms with Gasteiger partial charge in [0.05, 0.1) is 31.3 Å². The molecular weight excluding hydrogens is 412 g/mol. The summed E-state index contributed by atoms with van der Waals surface area (Å²) in [5, 5.41) is 14.5. The maximum absolute atomic E-state index is 12.2. The van der Waals surface area contributed by atoms with Gasteiger partial charge in [-0.1, -0.05) is 28.1 Å². The molecule has 0 aromatic heterocycles. The van der Waals surface area contributed by atoms with Gasteiger partial charge in [0.25, 0.3) is 0 Å². The van der Waals surface area contributed by atoms with Crippen molar-refractivity contribution in [2.24, 2.45) is 5.92 Å². The number of anilines is 1. The number of fused-ring (bicyclic) bond motifs is 1. The van der Waals surface area contributed by atoms with Crippen molar-refractivity contribution < 1.29 is 19.1 Å². The zero-order valence-electron chi connectivity index (χ0n) is 15.0. The smallest absolute Gasteiger partial charge is 0.338 e. The molecule has 1 aliphatic carbocycles. The first-order valence-corrected chi connectivity index (χ1v) is 9.39. The Kier molecular flexibility index (Phi) is 5.38. The van der Waals surface area contributed by atoms with Crippen molar-refractivity contribution in [3.05, 3.63) is 40.4 Å². The van der Waals surface area contributed by atoms with Crippen molar-refractivity contribution in [3.63, 3.8) is 0 Å². The summed E-state index contributed by atoms with van der Waals surface area (Å²) < 4.78 is 10.8. The highest BCUT2D eigenvalue weighted by Crippen LogP contribution is 2.43. The summed E-state index contributed by atoms with van der Waals surface area (Å²) in [4.78, 5) is 24.1. The van der Waals surface area contributed by atoms with E-state index in [9.17, 15) is 14.9 Å². The number of nitrogens with zero attached hydrogens (tertiary/aromatic N) is 1. The molecule has 2 aromatic rings. The van der Waals surface area contributed by atoms with E-state index in [0.717, 1.165) is 9.86 Å². The largest absolute Gasteiger partial charge is 0.466 e. The third-order valence-corrected chi connectivity index (χ3v) is 5.48. The van der Waals surface area contributed by atoms with Crippen molar-refractivity contribution in [2.75, 3.05) is 19.0 Å². The van der Waals surface area contributed by atoms with Crippen LogP contribution in [0.25, 0.3) is 10.8 Å². The molecule has 2 aromatic carbocycles. The molecule has 0 amide bonds. The monoisotopic (exact) mass is 430 g/mol. The molecule has 0 spiro atoms. The lowest BCUT2D eigenvalue weighted by molar-refractivity contribution is -0.152. The molecule has 0 aliphatic heterocycles. The van der Waals surface area contributed by atoms with Gasteiger partial charge < -0.3 is 14.8 Å². The van der Waals surface area contributed by atoms with Gasteiger partial charge in [-0.3, -0.25) is 4.79 Å². The van der Waals surface area contributed by atoms with E-state index in [1.807, 2.05) is 18.2 Å². The van der Waals surface area contributed by atoms with Crippen LogP contribution in [0.5, 0.6) is 0 Å². The number of halogens is 1. The molecule has 3 rings (SSSR count). The molecule has 1 aliphatic rings. The van der Waals surface area contributed by atoms with E-state index in [0.29, 0.717) is 36.1 Å². The highest BCUT2D eigenvalue weighted by Gasteiger charge is 2.49. The minimum Gasteiger partial charge on any atom is -0.466 e. The Morgan fingerprint density at radius 3 is 2.70 bits per heavy atom. The van der Waals surface area contributed by atoms with Gasteiger partial charge in [-0.2, -0.15) is 5.26 Å². The molecule has 27 heavy (non-hydrogen) atoms. The molecule has 0 heterocycles. The number of esters is 2. The Balaban J connectivity index is 1.98. The van der Waals surface area contributed by atoms with Crippen molar-refractivity contribution >= 4 is 44.3 Å². The minimum absolute atomic E-state index is 0.277. The number of ether oxygens (including phenoxy) is 2. The first kappa shape index (κ1) is 19.2. The summed E-state index contributed by atoms with van der Waals surface area (Å²) in [6.45, 7) is 2.08. The van der Waals surface area contributed by atoms with Gasteiger partial charge in [0.15, 0.2) is 0 Å². The first-order valence-electron chi connectivity index (χ1n) is 8.60. The molecule has 0 bridgehead atoms. The molecule has 0 unspecified atom stereocenters. The maximum Gasteiger partial charge on any atom is 0.338 e. The second kappa shape index (κ2) is 7.57. The predicted octanol–water partition coefficient (Wildman–Crippen LogP) is 4.04. The van der Waals surface area contributed by atoms with E-state index >= 15 is 0 Å². The Bertz CT molecular complexity index is 945. The third-order valence-electron chi connectivity index (χ3n) is 4.79. The fourth-order valence-electron chi connectivity index (χ4n) is 3.44. The van der Waals surface area contributed by atoms with Gasteiger partial charge in [0.1, 0.15) is 5.54 Å². The van der Waals surface area contributed by atoms with Gasteiger partial charge in [0.2, 0.25) is 0 Å². The predicted molar refractivity (Wildman–Crippen MR) is 104 cm³/mol. The summed E-state index contributed by atoms with van der Waals surface area (Å²) in [6, 6.07) is 11.3. The number of rotatable bonds is 5. The maximum atomic E-state index is 12.2. The molecule has 1 fully saturated rings. The average molecular weight is 431 g/mol. The molecule has 6 nitrogen and oxygen atoms in total. The van der Waals surface area contributed by atoms with Crippen molar-refractivity contribution in [2.45, 2.75) is 25.3 Å². The second-order valence-electron chi connectivity index (χ2n) is 6.49. The standard InChI is InChI=1S/C20H19BrN2O4/c1-3-27-18(24)12-9-20(10-12,11-22)23-16-8-7-15(21)13-5-4-6-14(17(13)16)19(25)26-2/h4-8,12,23H,3,9-10H2,1-2H3. The first-order chi connectivity index (χ1) is 12.9. The number of carbonyl (C=O) groups excluding carboxylic acids is 2. The molecular formula is C20H19BrN2O4. The molecule has 0 saturated heterocycles. The van der Waals surface area contributed by atoms with E-state index in [1.165, 1.54) is 7.11 Å². The molecule has 1 N–H and O–H groups in total. The van der Waals surface area contributed by atoms with Crippen LogP contribution >= 0.6 is 15.9 Å². The minimum atomic E-state index is -0.874. The van der Waals surface area contributed by atoms with Gasteiger partial charge in [-0.05, 0) is 43.4 Å². The highest BCUT2D eigenvalue weighted by molar-refractivity contribution is 9.10. The number of benzene rings is 2. The average Bonchev–Trinajstić information content (AvgIpc) is 2.65. The summed E-state index contributed by atoms with van der Waals surface area (Å²) in [5.41, 5.74) is 0.188. The number of nitrogens with one attached hydrogen (secondary N) is 1. The van der Waals surface area contributed by atoms with Gasteiger partial charge in [0, 0.05) is 15.5 Å². The van der Waals surface area contributed by atoms with Crippen molar-refractivity contribution in [1.82, 2.24) is 0 Å². The lowest BCUT2D eigenvalue weighted by atomic mass is 9.69. The summed E-state index contributed by atoms with van der Waals surface area (Å²) in [7, 11) is 1.33. The number of nitriles is 1. The van der Waals surface area contributed by atoms with E-state index in [-0.39, 0.29) is 11.9 Å². The number of carbonyl (C=O) groups is 2. The Hall–Kier alpha value is -2.59. The molecule has 0 atom stereocenters. The van der Waals surface area contributed by atoms with E-state index < -0.39 is 11.5 Å². The Morgan fingerprint density at radius 1 is 1.33 bits per heavy atom. The molecule has 0 radical (unpaired) electrons. The zero-order valence-corrected chi connectivity index (χ0v) is 16.6. The number of hydrogen-bond donors (Lipinski definition) is 1. The lowest BCUT2D eigenvalue weighted by Gasteiger charge is -2.42. The fourth-order valence-corrected chi connectivity index (χ4v) is 3.91. The van der Waals surface area contributed by atoms with Gasteiger partial charge >= 0.3 is 11.9 Å². The van der Waals surface area contributed by atoms with Crippen molar-refractivity contribution in [3.8, 4) is 6.07 Å². The lowest BCUT2D eigenvalue weighted by Crippen LogP contribution is -2.52. The van der Waals surface area contributed by atoms with E-state index in [4.69, 9.17) is 9.47 Å². The SMILES string of the molecule is CCOC(=O)C1CC(C#N)(Nc2ccc(Br)c3cccc(C(=O)OC)c23)C1. The summed E-state index contributed by atoms with van der Waals surface area (Å²) in [5.74, 6) is -1.02. The van der Waals surface area contributed by atoms with Gasteiger partial charge in [-0.25, -0.2) is 4.79 Å². The zero-order chi connectivity index (χ0) is 19.6. The normalized spacial score (nSPS) is 21.0. The fraction of sp³-hybridized carbons (Fsp3) is 0.350. The van der Waals surface area contributed by atoms with Crippen LogP contribution in [0.2, 0.25) is 0 Å². The molecule has 1 saturated carbocycles. The van der Waals surface area contributed by atoms with Gasteiger partial charge in [-0.15, -0.1) is 0 Å². The van der Waals surface area contributed by atoms with E-state index in [1.54, 1.807) is 19.1 Å². The number of methoxy groups -OCH3 is 1. The second-order valence-corrected chi connectivity index (χ2v) is 7.35. The summed E-state index contributed by atoms with van der Waals surface area (Å²) >= 11 is 3.50. The van der Waals surface area contributed by atoms with Crippen LogP contribution in [0.1, 0.15) is 30.1 Å². The highest BCUT2D eigenvalue weighted by atomic mass is 79.9. The quantitative estimate of drug-likeness (QED) is 0.720. The number of hydrogen-bond acceptors (Lipinski definition) is 6. The van der Waals surface area contributed by atoms with Crippen LogP contribution < -0.4 is 5.32 Å². The van der Waals surface area contributed by atoms with Crippen LogP contribution in [-0.2, 0) is 14.3 Å². The molecule has 7 heteroatoms. The van der Waals surface area contributed by atoms with Crippen LogP contribution in [0.3, 0.4) is 0 Å². The Morgan fingerprint density at radius 2 is 2.07 bits per heavy atom. The Labute approximate surface area is 165 Å². The van der Waals surface area contributed by atoms with Crippen molar-refractivity contribution in [1.29, 1.82) is 5.26 Å². The van der Waals surface area contributed by atoms with Crippen LogP contribution in [-0.4, -0.2) is 31.2 Å². The van der Waals surface area contributed by atoms with Crippen LogP contribution in [0, 0.1) is 17.2 Å². The third kappa shape index (κ3) is 3.50. The van der Waals surface area contributed by atoms with Crippen LogP contribution in [0.15, 0.2) is 34.8 Å². The van der Waals surface area contributed by atoms with E-state index in [2.05, 4.69) is 27.3 Å². The molecule has 140 valence electrons. The topological polar surface area (TPSA) is 88.4 Å². The summed E-state index contributed by atoms with van der Waals surface area (Å²) in [6.07, 6.45) is 0.723. The van der Waals surface area contributed by atoms with Crippen LogP contribution in [0.4, 0.5) is 5.69 Å².